The van der Waals surface area contributed by atoms with E-state index < -0.39 is 0 Å². The number of rotatable bonds is 4. The Morgan fingerprint density at radius 1 is 1.35 bits per heavy atom. The van der Waals surface area contributed by atoms with Crippen molar-refractivity contribution < 1.29 is 14.3 Å². The number of hydrogen-bond donors (Lipinski definition) is 0. The van der Waals surface area contributed by atoms with E-state index in [1.165, 1.54) is 11.8 Å². The second-order valence-electron chi connectivity index (χ2n) is 4.01. The van der Waals surface area contributed by atoms with Crippen LogP contribution < -0.4 is 9.64 Å². The van der Waals surface area contributed by atoms with Gasteiger partial charge in [0.1, 0.15) is 11.5 Å². The maximum Gasteiger partial charge on any atom is 0.234 e. The first-order valence-electron chi connectivity index (χ1n) is 5.36. The van der Waals surface area contributed by atoms with Crippen molar-refractivity contribution >= 4 is 17.4 Å². The van der Waals surface area contributed by atoms with Crippen LogP contribution in [-0.2, 0) is 9.59 Å². The third-order valence-corrected chi connectivity index (χ3v) is 2.47. The minimum Gasteiger partial charge on any atom is -0.495 e. The van der Waals surface area contributed by atoms with Gasteiger partial charge in [-0.3, -0.25) is 9.59 Å². The first-order chi connectivity index (χ1) is 7.95. The summed E-state index contributed by atoms with van der Waals surface area (Å²) >= 11 is 0. The summed E-state index contributed by atoms with van der Waals surface area (Å²) in [6.45, 7) is 3.34. The van der Waals surface area contributed by atoms with Crippen molar-refractivity contribution in [2.24, 2.45) is 0 Å². The Kier molecular flexibility index (Phi) is 4.26. The van der Waals surface area contributed by atoms with Gasteiger partial charge in [0, 0.05) is 7.05 Å². The summed E-state index contributed by atoms with van der Waals surface area (Å²) in [6, 6.07) is 5.57. The fraction of sp³-hybridized carbons (Fsp3) is 0.385. The van der Waals surface area contributed by atoms with Gasteiger partial charge >= 0.3 is 0 Å². The van der Waals surface area contributed by atoms with Crippen molar-refractivity contribution in [3.8, 4) is 5.75 Å². The van der Waals surface area contributed by atoms with Crippen molar-refractivity contribution in [2.45, 2.75) is 20.3 Å². The van der Waals surface area contributed by atoms with E-state index in [1.807, 2.05) is 25.1 Å². The van der Waals surface area contributed by atoms with Crippen LogP contribution in [0.1, 0.15) is 18.9 Å². The Bertz CT molecular complexity index is 440. The third kappa shape index (κ3) is 3.31. The second kappa shape index (κ2) is 5.48. The Balaban J connectivity index is 3.01. The Morgan fingerprint density at radius 2 is 2.00 bits per heavy atom. The second-order valence-corrected chi connectivity index (χ2v) is 4.01. The standard InChI is InChI=1S/C13H17NO3/c1-9-5-6-12(17-4)11(7-9)14(3)13(16)8-10(2)15/h5-7H,8H2,1-4H3. The number of aryl methyl sites for hydroxylation is 1. The van der Waals surface area contributed by atoms with Crippen molar-refractivity contribution in [1.29, 1.82) is 0 Å². The smallest absolute Gasteiger partial charge is 0.234 e. The number of nitrogens with zero attached hydrogens (tertiary/aromatic N) is 1. The van der Waals surface area contributed by atoms with Gasteiger partial charge in [-0.1, -0.05) is 6.07 Å². The molecule has 4 heteroatoms. The molecule has 0 aliphatic heterocycles. The molecule has 1 amide bonds. The van der Waals surface area contributed by atoms with Crippen molar-refractivity contribution in [3.63, 3.8) is 0 Å². The average Bonchev–Trinajstić information content (AvgIpc) is 2.27. The van der Waals surface area contributed by atoms with E-state index in [4.69, 9.17) is 4.74 Å². The molecular weight excluding hydrogens is 218 g/mol. The highest BCUT2D eigenvalue weighted by atomic mass is 16.5. The van der Waals surface area contributed by atoms with E-state index in [0.717, 1.165) is 5.56 Å². The number of hydrogen-bond acceptors (Lipinski definition) is 3. The molecule has 0 fully saturated rings. The fourth-order valence-electron chi connectivity index (χ4n) is 1.53. The van der Waals surface area contributed by atoms with Crippen molar-refractivity contribution in [2.75, 3.05) is 19.1 Å². The maximum atomic E-state index is 11.8. The monoisotopic (exact) mass is 235 g/mol. The maximum absolute atomic E-state index is 11.8. The average molecular weight is 235 g/mol. The molecule has 0 spiro atoms. The summed E-state index contributed by atoms with van der Waals surface area (Å²) in [5.74, 6) is 0.241. The van der Waals surface area contributed by atoms with Gasteiger partial charge in [0.05, 0.1) is 19.2 Å². The number of carbonyl (C=O) groups excluding carboxylic acids is 2. The van der Waals surface area contributed by atoms with Gasteiger partial charge < -0.3 is 9.64 Å². The van der Waals surface area contributed by atoms with Crippen LogP contribution in [0.15, 0.2) is 18.2 Å². The molecule has 4 nitrogen and oxygen atoms in total. The van der Waals surface area contributed by atoms with Gasteiger partial charge in [-0.2, -0.15) is 0 Å². The molecule has 0 aliphatic carbocycles. The molecule has 17 heavy (non-hydrogen) atoms. The quantitative estimate of drug-likeness (QED) is 0.749. The lowest BCUT2D eigenvalue weighted by Gasteiger charge is -2.20. The first kappa shape index (κ1) is 13.2. The normalized spacial score (nSPS) is 9.88. The number of ether oxygens (including phenoxy) is 1. The molecule has 1 aromatic carbocycles. The molecule has 1 rings (SSSR count). The summed E-state index contributed by atoms with van der Waals surface area (Å²) in [7, 11) is 3.19. The number of ketones is 1. The highest BCUT2D eigenvalue weighted by Crippen LogP contribution is 2.28. The topological polar surface area (TPSA) is 46.6 Å². The molecule has 0 aliphatic rings. The molecule has 0 heterocycles. The van der Waals surface area contributed by atoms with Crippen molar-refractivity contribution in [3.05, 3.63) is 23.8 Å². The van der Waals surface area contributed by atoms with Crippen LogP contribution in [0.4, 0.5) is 5.69 Å². The predicted octanol–water partition coefficient (Wildman–Crippen LogP) is 1.95. The minimum atomic E-state index is -0.235. The lowest BCUT2D eigenvalue weighted by Crippen LogP contribution is -2.28. The molecule has 0 atom stereocenters. The van der Waals surface area contributed by atoms with E-state index in [0.29, 0.717) is 11.4 Å². The molecule has 0 N–H and O–H groups in total. The van der Waals surface area contributed by atoms with Gasteiger partial charge in [-0.05, 0) is 31.5 Å². The van der Waals surface area contributed by atoms with E-state index in [9.17, 15) is 9.59 Å². The van der Waals surface area contributed by atoms with Gasteiger partial charge in [0.15, 0.2) is 0 Å². The number of amides is 1. The Morgan fingerprint density at radius 3 is 2.53 bits per heavy atom. The van der Waals surface area contributed by atoms with Crippen LogP contribution in [-0.4, -0.2) is 25.8 Å². The molecule has 0 bridgehead atoms. The lowest BCUT2D eigenvalue weighted by molar-refractivity contribution is -0.125. The molecule has 0 aromatic heterocycles. The summed E-state index contributed by atoms with van der Waals surface area (Å²) in [6.07, 6.45) is -0.0897. The minimum absolute atomic E-state index is 0.0897. The lowest BCUT2D eigenvalue weighted by atomic mass is 10.2. The highest BCUT2D eigenvalue weighted by molar-refractivity contribution is 6.05. The zero-order chi connectivity index (χ0) is 13.0. The SMILES string of the molecule is COc1ccc(C)cc1N(C)C(=O)CC(C)=O. The van der Waals surface area contributed by atoms with E-state index in [-0.39, 0.29) is 18.1 Å². The first-order valence-corrected chi connectivity index (χ1v) is 5.36. The number of anilines is 1. The van der Waals surface area contributed by atoms with Crippen LogP contribution in [0.25, 0.3) is 0 Å². The van der Waals surface area contributed by atoms with E-state index >= 15 is 0 Å². The molecular formula is C13H17NO3. The zero-order valence-electron chi connectivity index (χ0n) is 10.6. The third-order valence-electron chi connectivity index (χ3n) is 2.47. The number of carbonyl (C=O) groups is 2. The van der Waals surface area contributed by atoms with E-state index in [2.05, 4.69) is 0 Å². The van der Waals surface area contributed by atoms with Crippen LogP contribution in [0.2, 0.25) is 0 Å². The van der Waals surface area contributed by atoms with Crippen LogP contribution >= 0.6 is 0 Å². The predicted molar refractivity (Wildman–Crippen MR) is 66.4 cm³/mol. The van der Waals surface area contributed by atoms with Crippen LogP contribution in [0.3, 0.4) is 0 Å². The summed E-state index contributed by atoms with van der Waals surface area (Å²) in [4.78, 5) is 24.2. The molecule has 1 aromatic rings. The zero-order valence-corrected chi connectivity index (χ0v) is 10.6. The molecule has 0 unspecified atom stereocenters. The molecule has 0 radical (unpaired) electrons. The van der Waals surface area contributed by atoms with Crippen molar-refractivity contribution in [1.82, 2.24) is 0 Å². The summed E-state index contributed by atoms with van der Waals surface area (Å²) in [5, 5.41) is 0. The van der Waals surface area contributed by atoms with Gasteiger partial charge in [0.25, 0.3) is 0 Å². The number of benzene rings is 1. The summed E-state index contributed by atoms with van der Waals surface area (Å²) in [5.41, 5.74) is 1.71. The van der Waals surface area contributed by atoms with Gasteiger partial charge in [-0.15, -0.1) is 0 Å². The number of methoxy groups -OCH3 is 1. The highest BCUT2D eigenvalue weighted by Gasteiger charge is 2.16. The molecule has 0 saturated carbocycles. The Hall–Kier alpha value is -1.84. The van der Waals surface area contributed by atoms with Gasteiger partial charge in [-0.25, -0.2) is 0 Å². The fourth-order valence-corrected chi connectivity index (χ4v) is 1.53. The van der Waals surface area contributed by atoms with Crippen LogP contribution in [0, 0.1) is 6.92 Å². The van der Waals surface area contributed by atoms with Gasteiger partial charge in [0.2, 0.25) is 5.91 Å². The Labute approximate surface area is 101 Å². The molecule has 0 saturated heterocycles. The summed E-state index contributed by atoms with van der Waals surface area (Å²) < 4.78 is 5.20. The molecule has 92 valence electrons. The van der Waals surface area contributed by atoms with E-state index in [1.54, 1.807) is 14.2 Å². The largest absolute Gasteiger partial charge is 0.495 e. The van der Waals surface area contributed by atoms with Crippen LogP contribution in [0.5, 0.6) is 5.75 Å². The number of Topliss-reactive ketones (excluding diaryl/α,β-unsaturated/α-hetero) is 1.